The molecule has 104 valence electrons. The normalized spacial score (nSPS) is 11.1. The van der Waals surface area contributed by atoms with Gasteiger partial charge in [-0.1, -0.05) is 0 Å². The van der Waals surface area contributed by atoms with Crippen molar-refractivity contribution in [2.75, 3.05) is 19.1 Å². The van der Waals surface area contributed by atoms with Gasteiger partial charge in [0.1, 0.15) is 11.6 Å². The Hall–Kier alpha value is -0.870. The summed E-state index contributed by atoms with van der Waals surface area (Å²) < 4.78 is 7.50. The van der Waals surface area contributed by atoms with Crippen molar-refractivity contribution in [1.29, 1.82) is 0 Å². The van der Waals surface area contributed by atoms with Crippen LogP contribution in [0.1, 0.15) is 18.7 Å². The Morgan fingerprint density at radius 1 is 1.37 bits per heavy atom. The van der Waals surface area contributed by atoms with E-state index in [0.29, 0.717) is 5.88 Å². The zero-order chi connectivity index (χ0) is 13.7. The number of halogens is 1. The lowest BCUT2D eigenvalue weighted by Crippen LogP contribution is -2.03. The van der Waals surface area contributed by atoms with Gasteiger partial charge in [-0.25, -0.2) is 4.98 Å². The van der Waals surface area contributed by atoms with Crippen LogP contribution in [-0.2, 0) is 12.4 Å². The topological polar surface area (TPSA) is 27.1 Å². The third-order valence-corrected chi connectivity index (χ3v) is 4.07. The number of methoxy groups -OCH3 is 1. The van der Waals surface area contributed by atoms with Crippen LogP contribution in [0.5, 0.6) is 5.75 Å². The molecule has 0 N–H and O–H groups in total. The summed E-state index contributed by atoms with van der Waals surface area (Å²) in [6.45, 7) is 0.965. The van der Waals surface area contributed by atoms with Crippen LogP contribution in [-0.4, -0.2) is 28.7 Å². The average molecular weight is 299 g/mol. The minimum Gasteiger partial charge on any atom is -0.497 e. The van der Waals surface area contributed by atoms with Gasteiger partial charge in [0.15, 0.2) is 0 Å². The number of unbranched alkanes of at least 4 members (excludes halogenated alkanes) is 1. The zero-order valence-electron chi connectivity index (χ0n) is 11.4. The van der Waals surface area contributed by atoms with Gasteiger partial charge in [-0.15, -0.1) is 11.6 Å². The standard InChI is InChI=1S/C14H19ClN2OS/c1-18-11-5-6-12-13(9-11)17(14(10-15)16-12)7-3-4-8-19-2/h5-6,9H,3-4,7-8,10H2,1-2H3. The first-order valence-electron chi connectivity index (χ1n) is 6.38. The zero-order valence-corrected chi connectivity index (χ0v) is 12.9. The Bertz CT molecular complexity index is 541. The summed E-state index contributed by atoms with van der Waals surface area (Å²) in [5.41, 5.74) is 2.10. The van der Waals surface area contributed by atoms with Gasteiger partial charge in [-0.3, -0.25) is 0 Å². The van der Waals surface area contributed by atoms with Gasteiger partial charge in [0.25, 0.3) is 0 Å². The molecule has 5 heteroatoms. The smallest absolute Gasteiger partial charge is 0.124 e. The first-order valence-corrected chi connectivity index (χ1v) is 8.31. The molecule has 0 saturated carbocycles. The van der Waals surface area contributed by atoms with Gasteiger partial charge < -0.3 is 9.30 Å². The first-order chi connectivity index (χ1) is 9.30. The van der Waals surface area contributed by atoms with E-state index in [4.69, 9.17) is 16.3 Å². The molecule has 0 atom stereocenters. The summed E-state index contributed by atoms with van der Waals surface area (Å²) in [6.07, 6.45) is 4.50. The van der Waals surface area contributed by atoms with E-state index in [1.54, 1.807) is 7.11 Å². The number of aromatic nitrogens is 2. The molecule has 0 saturated heterocycles. The fourth-order valence-electron chi connectivity index (χ4n) is 2.15. The van der Waals surface area contributed by atoms with Crippen molar-refractivity contribution in [2.24, 2.45) is 0 Å². The Morgan fingerprint density at radius 3 is 2.89 bits per heavy atom. The van der Waals surface area contributed by atoms with E-state index in [2.05, 4.69) is 15.8 Å². The molecule has 0 aliphatic carbocycles. The van der Waals surface area contributed by atoms with Gasteiger partial charge in [-0.2, -0.15) is 11.8 Å². The molecule has 1 aromatic heterocycles. The Labute approximate surface area is 123 Å². The summed E-state index contributed by atoms with van der Waals surface area (Å²) >= 11 is 7.89. The molecule has 0 aliphatic rings. The van der Waals surface area contributed by atoms with E-state index in [0.717, 1.165) is 35.6 Å². The number of hydrogen-bond donors (Lipinski definition) is 0. The molecule has 0 fully saturated rings. The van der Waals surface area contributed by atoms with Crippen LogP contribution in [0.4, 0.5) is 0 Å². The molecule has 0 spiro atoms. The number of alkyl halides is 1. The lowest BCUT2D eigenvalue weighted by atomic mass is 10.3. The molecule has 0 bridgehead atoms. The number of nitrogens with zero attached hydrogens (tertiary/aromatic N) is 2. The average Bonchev–Trinajstić information content (AvgIpc) is 2.80. The molecule has 19 heavy (non-hydrogen) atoms. The molecule has 0 amide bonds. The van der Waals surface area contributed by atoms with Crippen LogP contribution in [0.25, 0.3) is 11.0 Å². The summed E-state index contributed by atoms with van der Waals surface area (Å²) in [4.78, 5) is 4.58. The van der Waals surface area contributed by atoms with Gasteiger partial charge in [-0.05, 0) is 37.0 Å². The quantitative estimate of drug-likeness (QED) is 0.572. The second-order valence-corrected chi connectivity index (χ2v) is 5.62. The fourth-order valence-corrected chi connectivity index (χ4v) is 2.84. The molecule has 0 unspecified atom stereocenters. The number of benzene rings is 1. The van der Waals surface area contributed by atoms with Gasteiger partial charge in [0, 0.05) is 12.6 Å². The molecule has 1 aromatic carbocycles. The monoisotopic (exact) mass is 298 g/mol. The van der Waals surface area contributed by atoms with Gasteiger partial charge in [0.05, 0.1) is 24.0 Å². The largest absolute Gasteiger partial charge is 0.497 e. The number of fused-ring (bicyclic) bond motifs is 1. The van der Waals surface area contributed by atoms with Gasteiger partial charge in [0.2, 0.25) is 0 Å². The molecule has 2 rings (SSSR count). The van der Waals surface area contributed by atoms with E-state index in [1.165, 1.54) is 12.2 Å². The van der Waals surface area contributed by atoms with Crippen LogP contribution >= 0.6 is 23.4 Å². The van der Waals surface area contributed by atoms with Crippen LogP contribution in [0, 0.1) is 0 Å². The maximum atomic E-state index is 6.00. The molecule has 1 heterocycles. The third kappa shape index (κ3) is 3.37. The predicted octanol–water partition coefficient (Wildman–Crippen LogP) is 3.93. The highest BCUT2D eigenvalue weighted by Gasteiger charge is 2.10. The predicted molar refractivity (Wildman–Crippen MR) is 83.5 cm³/mol. The number of rotatable bonds is 7. The van der Waals surface area contributed by atoms with Gasteiger partial charge >= 0.3 is 0 Å². The number of thioether (sulfide) groups is 1. The summed E-state index contributed by atoms with van der Waals surface area (Å²) in [7, 11) is 1.68. The lowest BCUT2D eigenvalue weighted by molar-refractivity contribution is 0.415. The fraction of sp³-hybridized carbons (Fsp3) is 0.500. The second kappa shape index (κ2) is 7.06. The number of hydrogen-bond acceptors (Lipinski definition) is 3. The summed E-state index contributed by atoms with van der Waals surface area (Å²) in [6, 6.07) is 5.96. The van der Waals surface area contributed by atoms with Crippen LogP contribution in [0.2, 0.25) is 0 Å². The highest BCUT2D eigenvalue weighted by molar-refractivity contribution is 7.98. The Morgan fingerprint density at radius 2 is 2.21 bits per heavy atom. The Kier molecular flexibility index (Phi) is 5.40. The Balaban J connectivity index is 2.27. The molecule has 0 aliphatic heterocycles. The number of ether oxygens (including phenoxy) is 1. The minimum atomic E-state index is 0.444. The lowest BCUT2D eigenvalue weighted by Gasteiger charge is -2.08. The molecular formula is C14H19ClN2OS. The summed E-state index contributed by atoms with van der Waals surface area (Å²) in [5, 5.41) is 0. The van der Waals surface area contributed by atoms with Crippen molar-refractivity contribution in [3.63, 3.8) is 0 Å². The SMILES string of the molecule is COc1ccc2nc(CCl)n(CCCCSC)c2c1. The van der Waals surface area contributed by atoms with Crippen molar-refractivity contribution in [3.8, 4) is 5.75 Å². The van der Waals surface area contributed by atoms with Crippen LogP contribution < -0.4 is 4.74 Å². The van der Waals surface area contributed by atoms with Crippen molar-refractivity contribution in [2.45, 2.75) is 25.3 Å². The number of imidazole rings is 1. The van der Waals surface area contributed by atoms with E-state index >= 15 is 0 Å². The first kappa shape index (κ1) is 14.5. The third-order valence-electron chi connectivity index (χ3n) is 3.13. The molecular weight excluding hydrogens is 280 g/mol. The highest BCUT2D eigenvalue weighted by Crippen LogP contribution is 2.23. The number of aryl methyl sites for hydroxylation is 1. The van der Waals surface area contributed by atoms with E-state index in [9.17, 15) is 0 Å². The summed E-state index contributed by atoms with van der Waals surface area (Å²) in [5.74, 6) is 3.44. The molecule has 2 aromatic rings. The minimum absolute atomic E-state index is 0.444. The van der Waals surface area contributed by atoms with Crippen molar-refractivity contribution in [3.05, 3.63) is 24.0 Å². The van der Waals surface area contributed by atoms with Crippen molar-refractivity contribution < 1.29 is 4.74 Å². The van der Waals surface area contributed by atoms with Crippen molar-refractivity contribution >= 4 is 34.4 Å². The van der Waals surface area contributed by atoms with E-state index in [1.807, 2.05) is 30.0 Å². The van der Waals surface area contributed by atoms with E-state index < -0.39 is 0 Å². The molecule has 3 nitrogen and oxygen atoms in total. The van der Waals surface area contributed by atoms with Crippen LogP contribution in [0.3, 0.4) is 0 Å². The molecule has 0 radical (unpaired) electrons. The second-order valence-electron chi connectivity index (χ2n) is 4.37. The maximum absolute atomic E-state index is 6.00. The van der Waals surface area contributed by atoms with E-state index in [-0.39, 0.29) is 0 Å². The maximum Gasteiger partial charge on any atom is 0.124 e. The van der Waals surface area contributed by atoms with Crippen molar-refractivity contribution in [1.82, 2.24) is 9.55 Å². The highest BCUT2D eigenvalue weighted by atomic mass is 35.5. The van der Waals surface area contributed by atoms with Crippen LogP contribution in [0.15, 0.2) is 18.2 Å².